The van der Waals surface area contributed by atoms with E-state index < -0.39 is 0 Å². The highest BCUT2D eigenvalue weighted by Crippen LogP contribution is 2.15. The Balaban J connectivity index is 2.89. The summed E-state index contributed by atoms with van der Waals surface area (Å²) in [5.74, 6) is 0. The Morgan fingerprint density at radius 1 is 1.78 bits per heavy atom. The average Bonchev–Trinajstić information content (AvgIpc) is 2.37. The van der Waals surface area contributed by atoms with Gasteiger partial charge in [-0.1, -0.05) is 12.6 Å². The highest BCUT2D eigenvalue weighted by molar-refractivity contribution is 7.11. The van der Waals surface area contributed by atoms with Crippen molar-refractivity contribution >= 4 is 23.2 Å². The maximum atomic E-state index is 10.1. The Bertz CT molecular complexity index is 211. The molecule has 1 heterocycles. The Morgan fingerprint density at radius 2 is 2.56 bits per heavy atom. The van der Waals surface area contributed by atoms with Crippen LogP contribution in [0.3, 0.4) is 0 Å². The second-order valence-electron chi connectivity index (χ2n) is 1.62. The van der Waals surface area contributed by atoms with Crippen molar-refractivity contribution < 1.29 is 4.79 Å². The molecule has 0 atom stereocenters. The molecule has 0 fully saturated rings. The van der Waals surface area contributed by atoms with Gasteiger partial charge in [-0.25, -0.2) is 0 Å². The SMILES string of the molecule is C=C(C=O)c1cccs1. The van der Waals surface area contributed by atoms with Crippen LogP contribution in [0.5, 0.6) is 0 Å². The fraction of sp³-hybridized carbons (Fsp3) is 0. The van der Waals surface area contributed by atoms with Crippen LogP contribution in [-0.4, -0.2) is 6.29 Å². The fourth-order valence-corrected chi connectivity index (χ4v) is 1.18. The Labute approximate surface area is 57.6 Å². The lowest BCUT2D eigenvalue weighted by Gasteiger charge is -1.85. The van der Waals surface area contributed by atoms with Gasteiger partial charge in [0.1, 0.15) is 0 Å². The van der Waals surface area contributed by atoms with Crippen molar-refractivity contribution in [3.63, 3.8) is 0 Å². The van der Waals surface area contributed by atoms with Crippen LogP contribution in [0.25, 0.3) is 5.57 Å². The molecule has 0 spiro atoms. The number of thiophene rings is 1. The molecule has 0 aliphatic heterocycles. The quantitative estimate of drug-likeness (QED) is 0.451. The van der Waals surface area contributed by atoms with Gasteiger partial charge in [0, 0.05) is 10.5 Å². The third kappa shape index (κ3) is 1.27. The minimum Gasteiger partial charge on any atom is -0.298 e. The summed E-state index contributed by atoms with van der Waals surface area (Å²) in [5, 5.41) is 1.92. The second kappa shape index (κ2) is 2.60. The standard InChI is InChI=1S/C7H6OS/c1-6(5-8)7-3-2-4-9-7/h2-5H,1H2. The molecule has 0 aromatic carbocycles. The number of carbonyl (C=O) groups is 1. The molecule has 46 valence electrons. The molecular weight excluding hydrogens is 132 g/mol. The van der Waals surface area contributed by atoms with Crippen LogP contribution in [0.2, 0.25) is 0 Å². The molecule has 1 aromatic heterocycles. The summed E-state index contributed by atoms with van der Waals surface area (Å²) in [6, 6.07) is 3.77. The normalized spacial score (nSPS) is 8.89. The van der Waals surface area contributed by atoms with Gasteiger partial charge in [-0.15, -0.1) is 11.3 Å². The van der Waals surface area contributed by atoms with Gasteiger partial charge < -0.3 is 0 Å². The molecule has 1 rings (SSSR count). The lowest BCUT2D eigenvalue weighted by Crippen LogP contribution is -1.74. The summed E-state index contributed by atoms with van der Waals surface area (Å²) in [5.41, 5.74) is 0.560. The first-order valence-corrected chi connectivity index (χ1v) is 3.40. The van der Waals surface area contributed by atoms with E-state index in [1.165, 1.54) is 11.3 Å². The molecule has 0 radical (unpaired) electrons. The zero-order valence-electron chi connectivity index (χ0n) is 4.83. The van der Waals surface area contributed by atoms with E-state index in [0.717, 1.165) is 11.2 Å². The third-order valence-electron chi connectivity index (χ3n) is 0.980. The maximum Gasteiger partial charge on any atom is 0.150 e. The molecule has 0 unspecified atom stereocenters. The first-order chi connectivity index (χ1) is 4.34. The molecule has 0 saturated heterocycles. The molecule has 0 amide bonds. The summed E-state index contributed by atoms with van der Waals surface area (Å²) in [6.07, 6.45) is 0.770. The molecule has 2 heteroatoms. The van der Waals surface area contributed by atoms with Crippen molar-refractivity contribution in [1.29, 1.82) is 0 Å². The van der Waals surface area contributed by atoms with E-state index in [1.807, 2.05) is 17.5 Å². The number of allylic oxidation sites excluding steroid dienone is 1. The van der Waals surface area contributed by atoms with Crippen molar-refractivity contribution in [2.45, 2.75) is 0 Å². The van der Waals surface area contributed by atoms with Crippen LogP contribution in [0.4, 0.5) is 0 Å². The monoisotopic (exact) mass is 138 g/mol. The third-order valence-corrected chi connectivity index (χ3v) is 1.93. The fourth-order valence-electron chi connectivity index (χ4n) is 0.519. The average molecular weight is 138 g/mol. The van der Waals surface area contributed by atoms with E-state index in [0.29, 0.717) is 5.57 Å². The minimum atomic E-state index is 0.560. The van der Waals surface area contributed by atoms with E-state index in [2.05, 4.69) is 6.58 Å². The van der Waals surface area contributed by atoms with Gasteiger partial charge >= 0.3 is 0 Å². The van der Waals surface area contributed by atoms with Gasteiger partial charge in [0.15, 0.2) is 6.29 Å². The minimum absolute atomic E-state index is 0.560. The number of carbonyl (C=O) groups excluding carboxylic acids is 1. The van der Waals surface area contributed by atoms with Crippen LogP contribution in [0.15, 0.2) is 24.1 Å². The van der Waals surface area contributed by atoms with Crippen LogP contribution in [0.1, 0.15) is 4.88 Å². The molecule has 1 nitrogen and oxygen atoms in total. The molecule has 9 heavy (non-hydrogen) atoms. The van der Waals surface area contributed by atoms with Gasteiger partial charge in [-0.3, -0.25) is 4.79 Å². The van der Waals surface area contributed by atoms with Gasteiger partial charge in [-0.2, -0.15) is 0 Å². The Hall–Kier alpha value is -0.890. The van der Waals surface area contributed by atoms with Crippen LogP contribution < -0.4 is 0 Å². The highest BCUT2D eigenvalue weighted by atomic mass is 32.1. The lowest BCUT2D eigenvalue weighted by atomic mass is 10.3. The van der Waals surface area contributed by atoms with E-state index in [4.69, 9.17) is 0 Å². The van der Waals surface area contributed by atoms with Crippen LogP contribution >= 0.6 is 11.3 Å². The summed E-state index contributed by atoms with van der Waals surface area (Å²) in [4.78, 5) is 11.1. The number of hydrogen-bond acceptors (Lipinski definition) is 2. The van der Waals surface area contributed by atoms with Crippen LogP contribution in [0, 0.1) is 0 Å². The second-order valence-corrected chi connectivity index (χ2v) is 2.57. The molecule has 1 aromatic rings. The van der Waals surface area contributed by atoms with Gasteiger partial charge in [0.25, 0.3) is 0 Å². The topological polar surface area (TPSA) is 17.1 Å². The molecule has 0 aliphatic carbocycles. The summed E-state index contributed by atoms with van der Waals surface area (Å²) in [6.45, 7) is 3.56. The first-order valence-electron chi connectivity index (χ1n) is 2.52. The molecule has 0 aliphatic rings. The van der Waals surface area contributed by atoms with Gasteiger partial charge in [0.05, 0.1) is 0 Å². The molecular formula is C7H6OS. The first kappa shape index (κ1) is 6.23. The zero-order valence-corrected chi connectivity index (χ0v) is 5.65. The van der Waals surface area contributed by atoms with E-state index in [9.17, 15) is 4.79 Å². The summed E-state index contributed by atoms with van der Waals surface area (Å²) in [7, 11) is 0. The Kier molecular flexibility index (Phi) is 1.80. The smallest absolute Gasteiger partial charge is 0.150 e. The van der Waals surface area contributed by atoms with E-state index in [-0.39, 0.29) is 0 Å². The predicted octanol–water partition coefficient (Wildman–Crippen LogP) is 1.96. The number of rotatable bonds is 2. The van der Waals surface area contributed by atoms with Crippen molar-refractivity contribution in [3.8, 4) is 0 Å². The van der Waals surface area contributed by atoms with Crippen molar-refractivity contribution in [1.82, 2.24) is 0 Å². The molecule has 0 N–H and O–H groups in total. The summed E-state index contributed by atoms with van der Waals surface area (Å²) >= 11 is 1.52. The highest BCUT2D eigenvalue weighted by Gasteiger charge is 1.94. The van der Waals surface area contributed by atoms with Gasteiger partial charge in [0.2, 0.25) is 0 Å². The molecule has 0 bridgehead atoms. The number of aldehydes is 1. The lowest BCUT2D eigenvalue weighted by molar-refractivity contribution is -0.103. The molecule has 0 saturated carbocycles. The van der Waals surface area contributed by atoms with Gasteiger partial charge in [-0.05, 0) is 11.4 Å². The zero-order chi connectivity index (χ0) is 6.69. The van der Waals surface area contributed by atoms with E-state index in [1.54, 1.807) is 0 Å². The van der Waals surface area contributed by atoms with Crippen LogP contribution in [-0.2, 0) is 4.79 Å². The van der Waals surface area contributed by atoms with Crippen molar-refractivity contribution in [3.05, 3.63) is 29.0 Å². The van der Waals surface area contributed by atoms with Crippen molar-refractivity contribution in [2.75, 3.05) is 0 Å². The predicted molar refractivity (Wildman–Crippen MR) is 39.4 cm³/mol. The largest absolute Gasteiger partial charge is 0.298 e. The number of hydrogen-bond donors (Lipinski definition) is 0. The Morgan fingerprint density at radius 3 is 3.00 bits per heavy atom. The van der Waals surface area contributed by atoms with Crippen molar-refractivity contribution in [2.24, 2.45) is 0 Å². The van der Waals surface area contributed by atoms with E-state index >= 15 is 0 Å². The summed E-state index contributed by atoms with van der Waals surface area (Å²) < 4.78 is 0. The maximum absolute atomic E-state index is 10.1.